The zero-order chi connectivity index (χ0) is 13.9. The second-order valence-electron chi connectivity index (χ2n) is 3.81. The predicted octanol–water partition coefficient (Wildman–Crippen LogP) is 3.06. The number of ether oxygens (including phenoxy) is 1. The summed E-state index contributed by atoms with van der Waals surface area (Å²) in [6.07, 6.45) is -2.82. The van der Waals surface area contributed by atoms with Crippen LogP contribution in [0.25, 0.3) is 0 Å². The first-order valence-electron chi connectivity index (χ1n) is 5.39. The van der Waals surface area contributed by atoms with Crippen molar-refractivity contribution in [2.45, 2.75) is 12.5 Å². The van der Waals surface area contributed by atoms with Crippen LogP contribution in [0, 0.1) is 0 Å². The molecule has 0 saturated carbocycles. The predicted molar refractivity (Wildman–Crippen MR) is 61.4 cm³/mol. The summed E-state index contributed by atoms with van der Waals surface area (Å²) in [6, 6.07) is 8.48. The number of aliphatic hydroxyl groups is 1. The Labute approximate surface area is 107 Å². The van der Waals surface area contributed by atoms with Gasteiger partial charge in [-0.15, -0.1) is 13.2 Å². The molecule has 0 aliphatic rings. The number of hydrogen-bond acceptors (Lipinski definition) is 3. The van der Waals surface area contributed by atoms with E-state index >= 15 is 0 Å². The number of nitrogens with zero attached hydrogens (tertiary/aromatic N) is 1. The van der Waals surface area contributed by atoms with Crippen molar-refractivity contribution in [1.29, 1.82) is 0 Å². The van der Waals surface area contributed by atoms with Gasteiger partial charge in [0.05, 0.1) is 0 Å². The number of alkyl halides is 3. The Balaban J connectivity index is 2.24. The van der Waals surface area contributed by atoms with Gasteiger partial charge in [0.15, 0.2) is 0 Å². The van der Waals surface area contributed by atoms with E-state index in [0.717, 1.165) is 6.07 Å². The molecule has 6 heteroatoms. The first-order valence-corrected chi connectivity index (χ1v) is 5.39. The summed E-state index contributed by atoms with van der Waals surface area (Å²) in [5.74, 6) is -0.368. The highest BCUT2D eigenvalue weighted by molar-refractivity contribution is 5.34. The smallest absolute Gasteiger partial charge is 0.406 e. The fourth-order valence-corrected chi connectivity index (χ4v) is 1.61. The van der Waals surface area contributed by atoms with Crippen LogP contribution in [0.1, 0.15) is 17.2 Å². The van der Waals surface area contributed by atoms with E-state index in [1.165, 1.54) is 24.4 Å². The number of hydrogen-bond donors (Lipinski definition) is 1. The number of aromatic nitrogens is 1. The van der Waals surface area contributed by atoms with Crippen LogP contribution < -0.4 is 4.74 Å². The molecule has 1 heterocycles. The molecule has 0 aliphatic carbocycles. The van der Waals surface area contributed by atoms with Gasteiger partial charge < -0.3 is 9.84 Å². The molecule has 1 atom stereocenters. The molecule has 0 saturated heterocycles. The van der Waals surface area contributed by atoms with Gasteiger partial charge >= 0.3 is 6.36 Å². The summed E-state index contributed by atoms with van der Waals surface area (Å²) in [5.41, 5.74) is 0.793. The van der Waals surface area contributed by atoms with Crippen LogP contribution in [0.2, 0.25) is 0 Å². The van der Waals surface area contributed by atoms with Crippen LogP contribution in [0.15, 0.2) is 48.8 Å². The number of benzene rings is 1. The lowest BCUT2D eigenvalue weighted by molar-refractivity contribution is -0.274. The van der Waals surface area contributed by atoms with E-state index in [-0.39, 0.29) is 5.75 Å². The molecule has 1 aromatic carbocycles. The van der Waals surface area contributed by atoms with Crippen molar-refractivity contribution < 1.29 is 23.0 Å². The number of halogens is 3. The maximum atomic E-state index is 12.1. The van der Waals surface area contributed by atoms with Gasteiger partial charge in [-0.25, -0.2) is 0 Å². The molecular weight excluding hydrogens is 259 g/mol. The van der Waals surface area contributed by atoms with Gasteiger partial charge in [0.1, 0.15) is 11.9 Å². The summed E-state index contributed by atoms with van der Waals surface area (Å²) in [7, 11) is 0. The van der Waals surface area contributed by atoms with Crippen molar-refractivity contribution in [1.82, 2.24) is 4.98 Å². The van der Waals surface area contributed by atoms with Gasteiger partial charge in [0.25, 0.3) is 0 Å². The zero-order valence-electron chi connectivity index (χ0n) is 9.63. The fraction of sp³-hybridized carbons (Fsp3) is 0.154. The Bertz CT molecular complexity index is 543. The third-order valence-electron chi connectivity index (χ3n) is 2.41. The molecule has 19 heavy (non-hydrogen) atoms. The highest BCUT2D eigenvalue weighted by atomic mass is 19.4. The molecule has 1 unspecified atom stereocenters. The standard InChI is InChI=1S/C13H10F3NO2/c14-13(15,16)19-11-5-1-3-9(7-11)12(18)10-4-2-6-17-8-10/h1-8,12,18H. The maximum absolute atomic E-state index is 12.1. The van der Waals surface area contributed by atoms with Crippen LogP contribution in [-0.2, 0) is 0 Å². The monoisotopic (exact) mass is 269 g/mol. The van der Waals surface area contributed by atoms with Gasteiger partial charge in [-0.05, 0) is 23.8 Å². The lowest BCUT2D eigenvalue weighted by atomic mass is 10.0. The number of pyridine rings is 1. The van der Waals surface area contributed by atoms with Crippen LogP contribution in [0.3, 0.4) is 0 Å². The van der Waals surface area contributed by atoms with Crippen molar-refractivity contribution >= 4 is 0 Å². The van der Waals surface area contributed by atoms with Gasteiger partial charge in [0, 0.05) is 18.0 Å². The molecule has 100 valence electrons. The Hall–Kier alpha value is -2.08. The third-order valence-corrected chi connectivity index (χ3v) is 2.41. The van der Waals surface area contributed by atoms with Crippen LogP contribution in [0.4, 0.5) is 13.2 Å². The molecule has 1 N–H and O–H groups in total. The summed E-state index contributed by atoms with van der Waals surface area (Å²) in [5, 5.41) is 10.0. The van der Waals surface area contributed by atoms with Crippen molar-refractivity contribution in [3.8, 4) is 5.75 Å². The molecule has 0 amide bonds. The topological polar surface area (TPSA) is 42.4 Å². The SMILES string of the molecule is OC(c1cccnc1)c1cccc(OC(F)(F)F)c1. The Morgan fingerprint density at radius 3 is 2.47 bits per heavy atom. The first kappa shape index (κ1) is 13.4. The molecule has 2 rings (SSSR count). The molecule has 0 spiro atoms. The molecule has 1 aromatic heterocycles. The minimum Gasteiger partial charge on any atom is -0.406 e. The number of aliphatic hydroxyl groups excluding tert-OH is 1. The molecule has 0 bridgehead atoms. The van der Waals surface area contributed by atoms with E-state index in [4.69, 9.17) is 0 Å². The van der Waals surface area contributed by atoms with Crippen molar-refractivity contribution in [2.24, 2.45) is 0 Å². The van der Waals surface area contributed by atoms with Gasteiger partial charge in [-0.1, -0.05) is 18.2 Å². The quantitative estimate of drug-likeness (QED) is 0.931. The molecular formula is C13H10F3NO2. The van der Waals surface area contributed by atoms with E-state index in [1.807, 2.05) is 0 Å². The fourth-order valence-electron chi connectivity index (χ4n) is 1.61. The summed E-state index contributed by atoms with van der Waals surface area (Å²) in [6.45, 7) is 0. The van der Waals surface area contributed by atoms with E-state index in [1.54, 1.807) is 18.3 Å². The van der Waals surface area contributed by atoms with Crippen LogP contribution >= 0.6 is 0 Å². The van der Waals surface area contributed by atoms with Gasteiger partial charge in [-0.2, -0.15) is 0 Å². The number of rotatable bonds is 3. The molecule has 0 fully saturated rings. The lowest BCUT2D eigenvalue weighted by Gasteiger charge is -2.13. The average molecular weight is 269 g/mol. The molecule has 0 aliphatic heterocycles. The second-order valence-corrected chi connectivity index (χ2v) is 3.81. The highest BCUT2D eigenvalue weighted by Gasteiger charge is 2.31. The maximum Gasteiger partial charge on any atom is 0.573 e. The average Bonchev–Trinajstić information content (AvgIpc) is 2.37. The minimum absolute atomic E-state index is 0.301. The van der Waals surface area contributed by atoms with E-state index in [9.17, 15) is 18.3 Å². The van der Waals surface area contributed by atoms with Crippen molar-refractivity contribution in [2.75, 3.05) is 0 Å². The molecule has 3 nitrogen and oxygen atoms in total. The Kier molecular flexibility index (Phi) is 3.71. The van der Waals surface area contributed by atoms with E-state index in [0.29, 0.717) is 11.1 Å². The summed E-state index contributed by atoms with van der Waals surface area (Å²) < 4.78 is 40.1. The third kappa shape index (κ3) is 3.69. The minimum atomic E-state index is -4.75. The first-order chi connectivity index (χ1) is 8.96. The molecule has 0 radical (unpaired) electrons. The normalized spacial score (nSPS) is 13.1. The zero-order valence-corrected chi connectivity index (χ0v) is 9.63. The Morgan fingerprint density at radius 1 is 1.11 bits per heavy atom. The molecule has 2 aromatic rings. The van der Waals surface area contributed by atoms with E-state index in [2.05, 4.69) is 9.72 Å². The van der Waals surface area contributed by atoms with Crippen molar-refractivity contribution in [3.63, 3.8) is 0 Å². The highest BCUT2D eigenvalue weighted by Crippen LogP contribution is 2.27. The van der Waals surface area contributed by atoms with Crippen LogP contribution in [0.5, 0.6) is 5.75 Å². The van der Waals surface area contributed by atoms with Crippen molar-refractivity contribution in [3.05, 3.63) is 59.9 Å². The second kappa shape index (κ2) is 5.27. The lowest BCUT2D eigenvalue weighted by Crippen LogP contribution is -2.17. The van der Waals surface area contributed by atoms with Crippen LogP contribution in [-0.4, -0.2) is 16.5 Å². The van der Waals surface area contributed by atoms with Gasteiger partial charge in [-0.3, -0.25) is 4.98 Å². The largest absolute Gasteiger partial charge is 0.573 e. The summed E-state index contributed by atoms with van der Waals surface area (Å²) in [4.78, 5) is 3.84. The summed E-state index contributed by atoms with van der Waals surface area (Å²) >= 11 is 0. The van der Waals surface area contributed by atoms with Gasteiger partial charge in [0.2, 0.25) is 0 Å². The Morgan fingerprint density at radius 2 is 1.84 bits per heavy atom. The van der Waals surface area contributed by atoms with E-state index < -0.39 is 12.5 Å².